The Morgan fingerprint density at radius 1 is 1.00 bits per heavy atom. The summed E-state index contributed by atoms with van der Waals surface area (Å²) in [5.41, 5.74) is 6.06. The van der Waals surface area contributed by atoms with Crippen LogP contribution in [0, 0.1) is 20.8 Å². The third-order valence-electron chi connectivity index (χ3n) is 7.12. The summed E-state index contributed by atoms with van der Waals surface area (Å²) in [6.45, 7) is 7.03. The molecule has 0 aliphatic heterocycles. The summed E-state index contributed by atoms with van der Waals surface area (Å²) in [5, 5.41) is 4.24. The Labute approximate surface area is 196 Å². The molecule has 1 aliphatic carbocycles. The van der Waals surface area contributed by atoms with Crippen LogP contribution in [0.1, 0.15) is 59.9 Å². The molecule has 174 valence electrons. The highest BCUT2D eigenvalue weighted by molar-refractivity contribution is 5.83. The van der Waals surface area contributed by atoms with E-state index in [4.69, 9.17) is 0 Å². The third kappa shape index (κ3) is 5.47. The van der Waals surface area contributed by atoms with Crippen LogP contribution in [0.4, 0.5) is 4.79 Å². The monoisotopic (exact) mass is 445 g/mol. The number of hydrogen-bond acceptors (Lipinski definition) is 2. The highest BCUT2D eigenvalue weighted by Gasteiger charge is 2.21. The number of aryl methyl sites for hydroxylation is 3. The van der Waals surface area contributed by atoms with E-state index in [-0.39, 0.29) is 17.6 Å². The van der Waals surface area contributed by atoms with Gasteiger partial charge >= 0.3 is 6.03 Å². The minimum absolute atomic E-state index is 0.0740. The van der Waals surface area contributed by atoms with E-state index in [1.807, 2.05) is 38.1 Å². The fraction of sp³-hybridized carbons (Fsp3) is 0.429. The fourth-order valence-corrected chi connectivity index (χ4v) is 4.80. The number of nitrogens with one attached hydrogen (secondary N) is 2. The van der Waals surface area contributed by atoms with Gasteiger partial charge in [0.25, 0.3) is 5.56 Å². The smallest absolute Gasteiger partial charge is 0.317 e. The fourth-order valence-electron chi connectivity index (χ4n) is 4.80. The van der Waals surface area contributed by atoms with E-state index >= 15 is 0 Å². The van der Waals surface area contributed by atoms with Gasteiger partial charge in [0, 0.05) is 18.2 Å². The number of aromatic nitrogens is 1. The van der Waals surface area contributed by atoms with Crippen molar-refractivity contribution in [2.24, 2.45) is 0 Å². The molecule has 5 heteroatoms. The summed E-state index contributed by atoms with van der Waals surface area (Å²) in [6, 6.07) is 14.5. The van der Waals surface area contributed by atoms with Crippen molar-refractivity contribution < 1.29 is 4.79 Å². The minimum atomic E-state index is -0.123. The van der Waals surface area contributed by atoms with Crippen LogP contribution in [0.2, 0.25) is 0 Å². The normalized spacial score (nSPS) is 14.4. The molecule has 4 rings (SSSR count). The number of carbonyl (C=O) groups excluding carboxylic acids is 1. The quantitative estimate of drug-likeness (QED) is 0.523. The lowest BCUT2D eigenvalue weighted by atomic mass is 9.96. The summed E-state index contributed by atoms with van der Waals surface area (Å²) < 4.78 is 0. The first-order valence-corrected chi connectivity index (χ1v) is 12.1. The molecule has 2 N–H and O–H groups in total. The van der Waals surface area contributed by atoms with Crippen molar-refractivity contribution in [3.8, 4) is 0 Å². The van der Waals surface area contributed by atoms with Gasteiger partial charge in [0.05, 0.1) is 12.1 Å². The molecule has 1 aromatic heterocycles. The number of pyridine rings is 1. The van der Waals surface area contributed by atoms with Crippen molar-refractivity contribution in [3.63, 3.8) is 0 Å². The van der Waals surface area contributed by atoms with E-state index in [2.05, 4.69) is 35.4 Å². The average molecular weight is 446 g/mol. The van der Waals surface area contributed by atoms with E-state index in [0.29, 0.717) is 18.7 Å². The summed E-state index contributed by atoms with van der Waals surface area (Å²) in [6.07, 6.45) is 6.40. The molecule has 0 saturated heterocycles. The first-order valence-electron chi connectivity index (χ1n) is 12.1. The van der Waals surface area contributed by atoms with Crippen LogP contribution in [0.25, 0.3) is 10.9 Å². The van der Waals surface area contributed by atoms with E-state index in [1.165, 1.54) is 17.5 Å². The maximum Gasteiger partial charge on any atom is 0.317 e. The van der Waals surface area contributed by atoms with Crippen LogP contribution in [0.15, 0.2) is 47.3 Å². The van der Waals surface area contributed by atoms with Crippen LogP contribution >= 0.6 is 0 Å². The zero-order valence-electron chi connectivity index (χ0n) is 20.0. The minimum Gasteiger partial charge on any atom is -0.335 e. The Morgan fingerprint density at radius 3 is 2.52 bits per heavy atom. The van der Waals surface area contributed by atoms with Gasteiger partial charge in [-0.3, -0.25) is 4.79 Å². The van der Waals surface area contributed by atoms with Gasteiger partial charge in [-0.15, -0.1) is 0 Å². The molecule has 2 aromatic carbocycles. The number of rotatable bonds is 6. The van der Waals surface area contributed by atoms with Crippen molar-refractivity contribution in [2.75, 3.05) is 6.54 Å². The topological polar surface area (TPSA) is 65.2 Å². The van der Waals surface area contributed by atoms with Gasteiger partial charge in [-0.2, -0.15) is 0 Å². The number of benzene rings is 2. The molecule has 33 heavy (non-hydrogen) atoms. The van der Waals surface area contributed by atoms with Gasteiger partial charge in [-0.1, -0.05) is 55.7 Å². The largest absolute Gasteiger partial charge is 0.335 e. The maximum atomic E-state index is 13.3. The lowest BCUT2D eigenvalue weighted by molar-refractivity contribution is 0.187. The second-order valence-electron chi connectivity index (χ2n) is 9.48. The zero-order valence-corrected chi connectivity index (χ0v) is 20.0. The van der Waals surface area contributed by atoms with Gasteiger partial charge in [-0.25, -0.2) is 4.79 Å². The Balaban J connectivity index is 1.58. The summed E-state index contributed by atoms with van der Waals surface area (Å²) in [5.74, 6) is 0. The Morgan fingerprint density at radius 2 is 1.76 bits per heavy atom. The zero-order chi connectivity index (χ0) is 23.4. The molecule has 1 heterocycles. The van der Waals surface area contributed by atoms with Crippen LogP contribution in [0.5, 0.6) is 0 Å². The van der Waals surface area contributed by atoms with Crippen LogP contribution in [-0.2, 0) is 13.0 Å². The number of hydrogen-bond donors (Lipinski definition) is 2. The van der Waals surface area contributed by atoms with Crippen molar-refractivity contribution in [1.29, 1.82) is 0 Å². The number of nitrogens with zero attached hydrogens (tertiary/aromatic N) is 1. The second-order valence-corrected chi connectivity index (χ2v) is 9.48. The van der Waals surface area contributed by atoms with Gasteiger partial charge in [0.1, 0.15) is 0 Å². The van der Waals surface area contributed by atoms with Gasteiger partial charge in [0.2, 0.25) is 0 Å². The lowest BCUT2D eigenvalue weighted by Gasteiger charge is -2.28. The number of urea groups is 1. The van der Waals surface area contributed by atoms with E-state index in [1.54, 1.807) is 4.90 Å². The third-order valence-corrected chi connectivity index (χ3v) is 7.12. The number of aromatic amines is 1. The van der Waals surface area contributed by atoms with Crippen molar-refractivity contribution in [3.05, 3.63) is 80.6 Å². The molecular formula is C28H35N3O2. The van der Waals surface area contributed by atoms with Crippen molar-refractivity contribution >= 4 is 16.9 Å². The Kier molecular flexibility index (Phi) is 7.17. The molecule has 0 unspecified atom stereocenters. The standard InChI is InChI=1S/C28H35N3O2/c1-19-13-14-23-17-24(27(32)30-26(23)21(19)3)18-31(16-15-22-10-8-7-9-20(22)2)28(33)29-25-11-5-4-6-12-25/h7-10,13-14,17,25H,4-6,11-12,15-16,18H2,1-3H3,(H,29,33)(H,30,32). The van der Waals surface area contributed by atoms with Gasteiger partial charge < -0.3 is 15.2 Å². The van der Waals surface area contributed by atoms with Crippen molar-refractivity contribution in [1.82, 2.24) is 15.2 Å². The molecule has 0 radical (unpaired) electrons. The number of amides is 2. The highest BCUT2D eigenvalue weighted by atomic mass is 16.2. The number of H-pyrrole nitrogens is 1. The Bertz CT molecular complexity index is 1190. The summed E-state index contributed by atoms with van der Waals surface area (Å²) in [7, 11) is 0. The maximum absolute atomic E-state index is 13.3. The number of carbonyl (C=O) groups is 1. The molecule has 5 nitrogen and oxygen atoms in total. The second kappa shape index (κ2) is 10.2. The molecule has 3 aromatic rings. The predicted molar refractivity (Wildman–Crippen MR) is 135 cm³/mol. The lowest BCUT2D eigenvalue weighted by Crippen LogP contribution is -2.46. The van der Waals surface area contributed by atoms with Crippen molar-refractivity contribution in [2.45, 2.75) is 71.9 Å². The average Bonchev–Trinajstić information content (AvgIpc) is 2.81. The first-order chi connectivity index (χ1) is 15.9. The van der Waals surface area contributed by atoms with Crippen LogP contribution in [0.3, 0.4) is 0 Å². The number of fused-ring (bicyclic) bond motifs is 1. The molecule has 2 amide bonds. The van der Waals surface area contributed by atoms with E-state index < -0.39 is 0 Å². The predicted octanol–water partition coefficient (Wildman–Crippen LogP) is 5.54. The van der Waals surface area contributed by atoms with Gasteiger partial charge in [0.15, 0.2) is 0 Å². The summed E-state index contributed by atoms with van der Waals surface area (Å²) in [4.78, 5) is 31.1. The van der Waals surface area contributed by atoms with Crippen LogP contribution < -0.4 is 10.9 Å². The summed E-state index contributed by atoms with van der Waals surface area (Å²) >= 11 is 0. The van der Waals surface area contributed by atoms with Crippen LogP contribution in [-0.4, -0.2) is 28.5 Å². The van der Waals surface area contributed by atoms with E-state index in [9.17, 15) is 9.59 Å². The molecule has 0 spiro atoms. The molecule has 1 saturated carbocycles. The molecule has 0 bridgehead atoms. The Hall–Kier alpha value is -3.08. The first kappa shape index (κ1) is 23.1. The molecule has 1 aliphatic rings. The van der Waals surface area contributed by atoms with E-state index in [0.717, 1.165) is 54.1 Å². The highest BCUT2D eigenvalue weighted by Crippen LogP contribution is 2.21. The van der Waals surface area contributed by atoms with Gasteiger partial charge in [-0.05, 0) is 73.7 Å². The SMILES string of the molecule is Cc1ccccc1CCN(Cc1cc2ccc(C)c(C)c2[nH]c1=O)C(=O)NC1CCCCC1. The molecule has 1 fully saturated rings. The molecule has 0 atom stereocenters. The molecular weight excluding hydrogens is 410 g/mol.